The molecule has 0 radical (unpaired) electrons. The minimum Gasteiger partial charge on any atom is -0.358 e. The van der Waals surface area contributed by atoms with Gasteiger partial charge in [0, 0.05) is 7.05 Å². The lowest BCUT2D eigenvalue weighted by Gasteiger charge is -1.99. The first-order chi connectivity index (χ1) is 3.29. The first kappa shape index (κ1) is 4.30. The third-order valence-corrected chi connectivity index (χ3v) is 0.810. The Morgan fingerprint density at radius 3 is 2.86 bits per heavy atom. The van der Waals surface area contributed by atoms with Gasteiger partial charge in [0.2, 0.25) is 0 Å². The lowest BCUT2D eigenvalue weighted by atomic mass is 10.6. The minimum atomic E-state index is 0.447. The molecular formula is C4H7N3. The van der Waals surface area contributed by atoms with E-state index < -0.39 is 0 Å². The number of likely N-dealkylation sites (N-methyl/N-ethyl adjacent to an activating group) is 1. The Morgan fingerprint density at radius 2 is 2.71 bits per heavy atom. The zero-order valence-electron chi connectivity index (χ0n) is 4.18. The summed E-state index contributed by atoms with van der Waals surface area (Å²) < 4.78 is 0. The van der Waals surface area contributed by atoms with Crippen LogP contribution in [0.4, 0.5) is 0 Å². The fourth-order valence-electron chi connectivity index (χ4n) is 0.486. The van der Waals surface area contributed by atoms with Crippen molar-refractivity contribution >= 4 is 12.2 Å². The van der Waals surface area contributed by atoms with E-state index in [1.54, 1.807) is 6.34 Å². The molecule has 1 rings (SSSR count). The average molecular weight is 97.1 g/mol. The normalized spacial score (nSPS) is 19.0. The number of nitrogens with zero attached hydrogens (tertiary/aromatic N) is 2. The van der Waals surface area contributed by atoms with Gasteiger partial charge in [-0.3, -0.25) is 5.41 Å². The Morgan fingerprint density at radius 1 is 2.00 bits per heavy atom. The highest BCUT2D eigenvalue weighted by molar-refractivity contribution is 5.93. The van der Waals surface area contributed by atoms with Crippen LogP contribution in [0.25, 0.3) is 0 Å². The van der Waals surface area contributed by atoms with Crippen LogP contribution >= 0.6 is 0 Å². The summed E-state index contributed by atoms with van der Waals surface area (Å²) in [5.41, 5.74) is 0. The molecule has 0 fully saturated rings. The Balaban J connectivity index is 2.58. The second-order valence-corrected chi connectivity index (χ2v) is 1.61. The summed E-state index contributed by atoms with van der Waals surface area (Å²) >= 11 is 0. The molecule has 0 aromatic carbocycles. The van der Waals surface area contributed by atoms with Gasteiger partial charge >= 0.3 is 0 Å². The Kier molecular flexibility index (Phi) is 0.817. The molecule has 1 aliphatic rings. The third-order valence-electron chi connectivity index (χ3n) is 0.810. The summed E-state index contributed by atoms with van der Waals surface area (Å²) in [7, 11) is 1.89. The van der Waals surface area contributed by atoms with Gasteiger partial charge in [0.05, 0.1) is 12.9 Å². The van der Waals surface area contributed by atoms with Gasteiger partial charge in [0.15, 0.2) is 0 Å². The fraction of sp³-hybridized carbons (Fsp3) is 0.500. The topological polar surface area (TPSA) is 39.5 Å². The maximum atomic E-state index is 6.94. The molecule has 0 amide bonds. The highest BCUT2D eigenvalue weighted by Gasteiger charge is 2.02. The Bertz CT molecular complexity index is 116. The second kappa shape index (κ2) is 1.33. The lowest BCUT2D eigenvalue weighted by Crippen LogP contribution is -2.14. The van der Waals surface area contributed by atoms with Crippen molar-refractivity contribution in [1.29, 1.82) is 5.41 Å². The average Bonchev–Trinajstić information content (AvgIpc) is 1.87. The molecule has 3 nitrogen and oxygen atoms in total. The lowest BCUT2D eigenvalue weighted by molar-refractivity contribution is 0.614. The van der Waals surface area contributed by atoms with Crippen LogP contribution in [0.15, 0.2) is 4.99 Å². The zero-order valence-corrected chi connectivity index (χ0v) is 4.18. The van der Waals surface area contributed by atoms with Crippen LogP contribution in [0, 0.1) is 5.41 Å². The first-order valence-electron chi connectivity index (χ1n) is 2.11. The van der Waals surface area contributed by atoms with E-state index in [1.807, 2.05) is 11.9 Å². The van der Waals surface area contributed by atoms with Crippen LogP contribution in [0.5, 0.6) is 0 Å². The SMILES string of the molecule is CN1C=NC(=N)C1. The van der Waals surface area contributed by atoms with Gasteiger partial charge < -0.3 is 4.90 Å². The van der Waals surface area contributed by atoms with Crippen molar-refractivity contribution in [2.45, 2.75) is 0 Å². The van der Waals surface area contributed by atoms with E-state index in [2.05, 4.69) is 4.99 Å². The highest BCUT2D eigenvalue weighted by atomic mass is 15.2. The highest BCUT2D eigenvalue weighted by Crippen LogP contribution is 1.88. The van der Waals surface area contributed by atoms with Crippen molar-refractivity contribution in [1.82, 2.24) is 4.90 Å². The Hall–Kier alpha value is -0.860. The summed E-state index contributed by atoms with van der Waals surface area (Å²) in [6.45, 7) is 0.667. The molecule has 38 valence electrons. The van der Waals surface area contributed by atoms with Gasteiger partial charge in [0.25, 0.3) is 0 Å². The second-order valence-electron chi connectivity index (χ2n) is 1.61. The van der Waals surface area contributed by atoms with Crippen LogP contribution in [0.2, 0.25) is 0 Å². The van der Waals surface area contributed by atoms with Gasteiger partial charge in [-0.2, -0.15) is 0 Å². The third kappa shape index (κ3) is 0.765. The van der Waals surface area contributed by atoms with Crippen molar-refractivity contribution in [2.75, 3.05) is 13.6 Å². The van der Waals surface area contributed by atoms with E-state index in [0.717, 1.165) is 0 Å². The van der Waals surface area contributed by atoms with Crippen molar-refractivity contribution in [3.8, 4) is 0 Å². The van der Waals surface area contributed by atoms with E-state index in [9.17, 15) is 0 Å². The summed E-state index contributed by atoms with van der Waals surface area (Å²) in [6.07, 6.45) is 1.66. The van der Waals surface area contributed by atoms with Crippen molar-refractivity contribution < 1.29 is 0 Å². The number of hydrogen-bond donors (Lipinski definition) is 1. The Labute approximate surface area is 42.2 Å². The standard InChI is InChI=1S/C4H7N3/c1-7-2-4(5)6-3-7/h3,5H,2H2,1H3. The quantitative estimate of drug-likeness (QED) is 0.452. The number of nitrogens with one attached hydrogen (secondary N) is 1. The largest absolute Gasteiger partial charge is 0.358 e. The minimum absolute atomic E-state index is 0.447. The van der Waals surface area contributed by atoms with Gasteiger partial charge in [-0.05, 0) is 0 Å². The maximum Gasteiger partial charge on any atom is 0.141 e. The first-order valence-corrected chi connectivity index (χ1v) is 2.11. The van der Waals surface area contributed by atoms with Gasteiger partial charge in [-0.25, -0.2) is 4.99 Å². The fourth-order valence-corrected chi connectivity index (χ4v) is 0.486. The van der Waals surface area contributed by atoms with E-state index in [0.29, 0.717) is 12.4 Å². The molecule has 3 heteroatoms. The molecule has 0 bridgehead atoms. The van der Waals surface area contributed by atoms with Crippen LogP contribution in [-0.4, -0.2) is 30.7 Å². The van der Waals surface area contributed by atoms with E-state index >= 15 is 0 Å². The summed E-state index contributed by atoms with van der Waals surface area (Å²) in [5.74, 6) is 0.447. The molecule has 0 atom stereocenters. The smallest absolute Gasteiger partial charge is 0.141 e. The molecule has 1 N–H and O–H groups in total. The number of amidine groups is 1. The van der Waals surface area contributed by atoms with Crippen LogP contribution in [-0.2, 0) is 0 Å². The molecule has 0 saturated heterocycles. The molecule has 7 heavy (non-hydrogen) atoms. The summed E-state index contributed by atoms with van der Waals surface area (Å²) in [5, 5.41) is 6.94. The van der Waals surface area contributed by atoms with Crippen LogP contribution in [0.1, 0.15) is 0 Å². The van der Waals surface area contributed by atoms with Crippen LogP contribution in [0.3, 0.4) is 0 Å². The maximum absolute atomic E-state index is 6.94. The van der Waals surface area contributed by atoms with Gasteiger partial charge in [0.1, 0.15) is 5.84 Å². The molecule has 0 aromatic heterocycles. The van der Waals surface area contributed by atoms with E-state index in [-0.39, 0.29) is 0 Å². The monoisotopic (exact) mass is 97.1 g/mol. The number of hydrogen-bond acceptors (Lipinski definition) is 2. The number of aliphatic imine (C=N–C) groups is 1. The van der Waals surface area contributed by atoms with E-state index in [1.165, 1.54) is 0 Å². The molecule has 1 heterocycles. The van der Waals surface area contributed by atoms with Crippen molar-refractivity contribution in [2.24, 2.45) is 4.99 Å². The molecule has 0 spiro atoms. The predicted molar refractivity (Wildman–Crippen MR) is 28.8 cm³/mol. The van der Waals surface area contributed by atoms with E-state index in [4.69, 9.17) is 5.41 Å². The van der Waals surface area contributed by atoms with Crippen molar-refractivity contribution in [3.05, 3.63) is 0 Å². The molecule has 1 aliphatic heterocycles. The summed E-state index contributed by atoms with van der Waals surface area (Å²) in [6, 6.07) is 0. The molecule has 0 unspecified atom stereocenters. The molecular weight excluding hydrogens is 90.1 g/mol. The molecule has 0 aliphatic carbocycles. The predicted octanol–water partition coefficient (Wildman–Crippen LogP) is -0.0626. The van der Waals surface area contributed by atoms with Crippen LogP contribution < -0.4 is 0 Å². The van der Waals surface area contributed by atoms with Gasteiger partial charge in [-0.1, -0.05) is 0 Å². The van der Waals surface area contributed by atoms with Crippen molar-refractivity contribution in [3.63, 3.8) is 0 Å². The number of rotatable bonds is 0. The van der Waals surface area contributed by atoms with Gasteiger partial charge in [-0.15, -0.1) is 0 Å². The summed E-state index contributed by atoms with van der Waals surface area (Å²) in [4.78, 5) is 5.56. The molecule has 0 aromatic rings. The zero-order chi connectivity index (χ0) is 5.28. The molecule has 0 saturated carbocycles.